The highest BCUT2D eigenvalue weighted by molar-refractivity contribution is 5.29. The molecule has 234 valence electrons. The van der Waals surface area contributed by atoms with E-state index in [1.807, 2.05) is 0 Å². The van der Waals surface area contributed by atoms with E-state index in [1.165, 1.54) is 57.8 Å². The molecule has 6 heteroatoms. The number of aliphatic hydroxyl groups excluding tert-OH is 1. The van der Waals surface area contributed by atoms with Crippen molar-refractivity contribution in [2.24, 2.45) is 45.3 Å². The van der Waals surface area contributed by atoms with Gasteiger partial charge < -0.3 is 24.4 Å². The van der Waals surface area contributed by atoms with Crippen molar-refractivity contribution in [2.75, 3.05) is 19.7 Å². The van der Waals surface area contributed by atoms with Crippen LogP contribution in [0.1, 0.15) is 113 Å². The maximum atomic E-state index is 10.8. The van der Waals surface area contributed by atoms with Gasteiger partial charge in [0.05, 0.1) is 30.5 Å². The number of hydrogen-bond donors (Lipinski definition) is 2. The molecule has 2 N–H and O–H groups in total. The molecule has 0 radical (unpaired) electrons. The van der Waals surface area contributed by atoms with Crippen molar-refractivity contribution >= 4 is 0 Å². The van der Waals surface area contributed by atoms with E-state index in [1.54, 1.807) is 13.8 Å². The van der Waals surface area contributed by atoms with E-state index in [9.17, 15) is 10.2 Å². The quantitative estimate of drug-likeness (QED) is 0.435. The molecule has 41 heavy (non-hydrogen) atoms. The Balaban J connectivity index is 0.00000288. The van der Waals surface area contributed by atoms with Crippen LogP contribution in [-0.4, -0.2) is 77.2 Å². The van der Waals surface area contributed by atoms with Gasteiger partial charge in [-0.1, -0.05) is 20.8 Å². The number of nitrogens with zero attached hydrogens (tertiary/aromatic N) is 1. The van der Waals surface area contributed by atoms with E-state index >= 15 is 0 Å². The Labute approximate surface area is 249 Å². The summed E-state index contributed by atoms with van der Waals surface area (Å²) >= 11 is 0. The van der Waals surface area contributed by atoms with Gasteiger partial charge in [-0.2, -0.15) is 0 Å². The Morgan fingerprint density at radius 2 is 1.71 bits per heavy atom. The van der Waals surface area contributed by atoms with Crippen molar-refractivity contribution in [3.05, 3.63) is 0 Å². The first kappa shape index (κ1) is 28.2. The highest BCUT2D eigenvalue weighted by Crippen LogP contribution is 2.87. The van der Waals surface area contributed by atoms with Gasteiger partial charge in [-0.05, 0) is 136 Å². The summed E-state index contributed by atoms with van der Waals surface area (Å²) < 4.78 is 19.8. The Hall–Kier alpha value is -0.240. The van der Waals surface area contributed by atoms with E-state index in [4.69, 9.17) is 14.2 Å². The molecule has 2 saturated heterocycles. The number of hydrogen-bond acceptors (Lipinski definition) is 6. The van der Waals surface area contributed by atoms with Gasteiger partial charge in [-0.3, -0.25) is 4.90 Å². The maximum absolute atomic E-state index is 10.8. The molecular formula is C35H59NO5. The summed E-state index contributed by atoms with van der Waals surface area (Å²) in [5, 5.41) is 21.3. The van der Waals surface area contributed by atoms with Crippen molar-refractivity contribution in [1.82, 2.24) is 4.90 Å². The first-order chi connectivity index (χ1) is 19.4. The lowest BCUT2D eigenvalue weighted by Gasteiger charge is -2.60. The number of rotatable bonds is 5. The van der Waals surface area contributed by atoms with Crippen LogP contribution in [0, 0.1) is 45.3 Å². The van der Waals surface area contributed by atoms with Crippen molar-refractivity contribution < 1.29 is 25.9 Å². The van der Waals surface area contributed by atoms with Crippen LogP contribution in [0.4, 0.5) is 0 Å². The summed E-state index contributed by atoms with van der Waals surface area (Å²) in [7, 11) is 0. The molecule has 2 aliphatic heterocycles. The van der Waals surface area contributed by atoms with Crippen molar-refractivity contribution in [1.29, 1.82) is 0 Å². The summed E-state index contributed by atoms with van der Waals surface area (Å²) in [6, 6.07) is 0.786. The Bertz CT molecular complexity index is 1040. The van der Waals surface area contributed by atoms with Gasteiger partial charge in [0.15, 0.2) is 6.29 Å². The zero-order chi connectivity index (χ0) is 28.6. The fourth-order valence-corrected chi connectivity index (χ4v) is 12.9. The normalized spacial score (nSPS) is 53.3. The predicted molar refractivity (Wildman–Crippen MR) is 159 cm³/mol. The van der Waals surface area contributed by atoms with Crippen LogP contribution in [-0.2, 0) is 14.2 Å². The third-order valence-corrected chi connectivity index (χ3v) is 15.1. The lowest BCUT2D eigenvalue weighted by molar-refractivity contribution is -0.245. The van der Waals surface area contributed by atoms with Crippen molar-refractivity contribution in [3.63, 3.8) is 0 Å². The van der Waals surface area contributed by atoms with Gasteiger partial charge >= 0.3 is 0 Å². The summed E-state index contributed by atoms with van der Waals surface area (Å²) in [6.07, 6.45) is 14.8. The molecule has 6 nitrogen and oxygen atoms in total. The molecule has 0 bridgehead atoms. The van der Waals surface area contributed by atoms with Gasteiger partial charge in [-0.15, -0.1) is 0 Å². The molecule has 0 aromatic carbocycles. The zero-order valence-corrected chi connectivity index (χ0v) is 26.4. The molecule has 2 heterocycles. The van der Waals surface area contributed by atoms with Crippen LogP contribution in [0.15, 0.2) is 0 Å². The molecule has 8 rings (SSSR count). The molecule has 0 aromatic heterocycles. The second-order valence-corrected chi connectivity index (χ2v) is 17.6. The zero-order valence-electron chi connectivity index (χ0n) is 26.4. The van der Waals surface area contributed by atoms with Gasteiger partial charge in [-0.25, -0.2) is 0 Å². The van der Waals surface area contributed by atoms with Crippen LogP contribution in [0.3, 0.4) is 0 Å². The van der Waals surface area contributed by atoms with E-state index < -0.39 is 11.7 Å². The number of fused-ring (bicyclic) bond motifs is 4. The fourth-order valence-electron chi connectivity index (χ4n) is 12.9. The minimum atomic E-state index is -1.12. The highest BCUT2D eigenvalue weighted by Gasteiger charge is 2.80. The van der Waals surface area contributed by atoms with Crippen molar-refractivity contribution in [2.45, 2.75) is 154 Å². The SMILES string of the molecule is CC(C)(O)[C@@H](O)C1CCC2C(CC3C4CCC5C(C)(C)[C@@H](OC6CN(C7CC7)CCO6)CCC56C[C@@]46CC[C@]23C)O1.[HH]. The minimum absolute atomic E-state index is 0. The maximum Gasteiger partial charge on any atom is 0.170 e. The molecule has 12 atom stereocenters. The number of morpholine rings is 1. The molecule has 6 aliphatic carbocycles. The molecular weight excluding hydrogens is 514 g/mol. The smallest absolute Gasteiger partial charge is 0.170 e. The molecule has 8 unspecified atom stereocenters. The topological polar surface area (TPSA) is 71.4 Å². The molecule has 8 aliphatic rings. The first-order valence-corrected chi connectivity index (χ1v) is 17.5. The van der Waals surface area contributed by atoms with Gasteiger partial charge in [0.1, 0.15) is 6.10 Å². The number of aliphatic hydroxyl groups is 2. The third kappa shape index (κ3) is 4.02. The molecule has 2 spiro atoms. The molecule has 6 saturated carbocycles. The average Bonchev–Trinajstić information content (AvgIpc) is 3.84. The van der Waals surface area contributed by atoms with Crippen LogP contribution in [0.5, 0.6) is 0 Å². The Morgan fingerprint density at radius 1 is 0.927 bits per heavy atom. The lowest BCUT2D eigenvalue weighted by atomic mass is 9.46. The van der Waals surface area contributed by atoms with E-state index in [0.717, 1.165) is 62.8 Å². The lowest BCUT2D eigenvalue weighted by Crippen LogP contribution is -2.56. The molecule has 8 fully saturated rings. The predicted octanol–water partition coefficient (Wildman–Crippen LogP) is 5.78. The first-order valence-electron chi connectivity index (χ1n) is 17.5. The van der Waals surface area contributed by atoms with Crippen LogP contribution < -0.4 is 0 Å². The fraction of sp³-hybridized carbons (Fsp3) is 1.00. The highest BCUT2D eigenvalue weighted by atomic mass is 16.7. The minimum Gasteiger partial charge on any atom is -0.388 e. The van der Waals surface area contributed by atoms with Gasteiger partial charge in [0, 0.05) is 20.6 Å². The average molecular weight is 574 g/mol. The van der Waals surface area contributed by atoms with Gasteiger partial charge in [0.25, 0.3) is 0 Å². The summed E-state index contributed by atoms with van der Waals surface area (Å²) in [5.74, 6) is 2.93. The standard InChI is InChI=1S/C35H57NO5.H2/c1-31(2)27-11-9-22-24-18-26-23(8-10-25(40-26)30(37)32(3,4)38)33(24,5)14-15-34(22)20-35(27,34)13-12-28(31)41-29-19-36(16-17-39-29)21-6-7-21;/h21-30,37-38H,6-20H2,1-5H3;1H/t22?,23?,24?,25?,26?,27?,28-,29?,30-,33+,34-,35?;/m0./s1. The Morgan fingerprint density at radius 3 is 2.46 bits per heavy atom. The van der Waals surface area contributed by atoms with Crippen LogP contribution in [0.25, 0.3) is 0 Å². The largest absolute Gasteiger partial charge is 0.388 e. The van der Waals surface area contributed by atoms with E-state index in [0.29, 0.717) is 28.3 Å². The summed E-state index contributed by atoms with van der Waals surface area (Å²) in [6.45, 7) is 13.9. The third-order valence-electron chi connectivity index (χ3n) is 15.1. The van der Waals surface area contributed by atoms with Crippen LogP contribution in [0.2, 0.25) is 0 Å². The van der Waals surface area contributed by atoms with Gasteiger partial charge in [0.2, 0.25) is 0 Å². The molecule has 0 amide bonds. The second-order valence-electron chi connectivity index (χ2n) is 17.6. The summed E-state index contributed by atoms with van der Waals surface area (Å²) in [5.41, 5.74) is 0.480. The van der Waals surface area contributed by atoms with Crippen LogP contribution >= 0.6 is 0 Å². The van der Waals surface area contributed by atoms with E-state index in [-0.39, 0.29) is 25.3 Å². The van der Waals surface area contributed by atoms with Crippen molar-refractivity contribution in [3.8, 4) is 0 Å². The number of ether oxygens (including phenoxy) is 3. The summed E-state index contributed by atoms with van der Waals surface area (Å²) in [4.78, 5) is 2.61. The Kier molecular flexibility index (Phi) is 6.31. The second kappa shape index (κ2) is 9.16. The monoisotopic (exact) mass is 573 g/mol. The molecule has 0 aromatic rings. The van der Waals surface area contributed by atoms with E-state index in [2.05, 4.69) is 25.7 Å².